The third-order valence-corrected chi connectivity index (χ3v) is 4.40. The van der Waals surface area contributed by atoms with Crippen molar-refractivity contribution >= 4 is 11.8 Å². The number of carbonyl (C=O) groups excluding carboxylic acids is 2. The highest BCUT2D eigenvalue weighted by Crippen LogP contribution is 2.22. The van der Waals surface area contributed by atoms with Gasteiger partial charge >= 0.3 is 6.36 Å². The van der Waals surface area contributed by atoms with Gasteiger partial charge in [-0.1, -0.05) is 19.3 Å². The SMILES string of the molecule is O=C(NCCCCCCCNC(=O)c1ccc(OC(F)(F)F)cc1)c1ccc(O)cc1. The van der Waals surface area contributed by atoms with Gasteiger partial charge in [0.05, 0.1) is 0 Å². The molecule has 0 spiro atoms. The van der Waals surface area contributed by atoms with Gasteiger partial charge in [0.2, 0.25) is 0 Å². The van der Waals surface area contributed by atoms with Crippen LogP contribution in [0.3, 0.4) is 0 Å². The molecular weight excluding hydrogens is 413 g/mol. The Bertz CT molecular complexity index is 837. The van der Waals surface area contributed by atoms with E-state index in [1.165, 1.54) is 24.3 Å². The number of ether oxygens (including phenoxy) is 1. The van der Waals surface area contributed by atoms with E-state index >= 15 is 0 Å². The fourth-order valence-electron chi connectivity index (χ4n) is 2.81. The van der Waals surface area contributed by atoms with Crippen LogP contribution in [0.1, 0.15) is 52.8 Å². The van der Waals surface area contributed by atoms with Crippen LogP contribution in [0.4, 0.5) is 13.2 Å². The van der Waals surface area contributed by atoms with Crippen LogP contribution in [-0.2, 0) is 0 Å². The molecule has 0 aliphatic heterocycles. The Morgan fingerprint density at radius 1 is 0.742 bits per heavy atom. The summed E-state index contributed by atoms with van der Waals surface area (Å²) < 4.78 is 40.1. The Morgan fingerprint density at radius 2 is 1.16 bits per heavy atom. The fourth-order valence-corrected chi connectivity index (χ4v) is 2.81. The molecule has 0 unspecified atom stereocenters. The van der Waals surface area contributed by atoms with Crippen LogP contribution in [0, 0.1) is 0 Å². The van der Waals surface area contributed by atoms with E-state index < -0.39 is 6.36 Å². The topological polar surface area (TPSA) is 87.7 Å². The molecule has 3 N–H and O–H groups in total. The molecule has 168 valence electrons. The molecule has 0 aliphatic rings. The molecule has 2 aromatic rings. The average Bonchev–Trinajstić information content (AvgIpc) is 2.72. The van der Waals surface area contributed by atoms with Crippen molar-refractivity contribution < 1.29 is 32.6 Å². The number of amides is 2. The number of hydrogen-bond donors (Lipinski definition) is 3. The summed E-state index contributed by atoms with van der Waals surface area (Å²) in [4.78, 5) is 23.9. The number of rotatable bonds is 11. The molecule has 0 saturated carbocycles. The number of alkyl halides is 3. The van der Waals surface area contributed by atoms with Gasteiger partial charge in [-0.15, -0.1) is 13.2 Å². The molecule has 9 heteroatoms. The van der Waals surface area contributed by atoms with E-state index in [1.54, 1.807) is 12.1 Å². The maximum Gasteiger partial charge on any atom is 0.573 e. The van der Waals surface area contributed by atoms with Gasteiger partial charge < -0.3 is 20.5 Å². The molecule has 0 radical (unpaired) electrons. The first-order valence-electron chi connectivity index (χ1n) is 9.96. The quantitative estimate of drug-likeness (QED) is 0.454. The van der Waals surface area contributed by atoms with E-state index in [0.717, 1.165) is 44.2 Å². The summed E-state index contributed by atoms with van der Waals surface area (Å²) in [6, 6.07) is 10.8. The summed E-state index contributed by atoms with van der Waals surface area (Å²) >= 11 is 0. The van der Waals surface area contributed by atoms with Gasteiger partial charge in [0.15, 0.2) is 0 Å². The lowest BCUT2D eigenvalue weighted by Crippen LogP contribution is -2.24. The Balaban J connectivity index is 1.51. The molecule has 2 amide bonds. The first kappa shape index (κ1) is 24.0. The second kappa shape index (κ2) is 11.8. The fraction of sp³-hybridized carbons (Fsp3) is 0.364. The first-order valence-corrected chi connectivity index (χ1v) is 9.96. The van der Waals surface area contributed by atoms with Gasteiger partial charge in [0.25, 0.3) is 11.8 Å². The van der Waals surface area contributed by atoms with E-state index in [4.69, 9.17) is 0 Å². The zero-order valence-electron chi connectivity index (χ0n) is 16.9. The first-order chi connectivity index (χ1) is 14.7. The second-order valence-corrected chi connectivity index (χ2v) is 6.90. The van der Waals surface area contributed by atoms with Crippen LogP contribution < -0.4 is 15.4 Å². The van der Waals surface area contributed by atoms with Gasteiger partial charge in [-0.2, -0.15) is 0 Å². The maximum atomic E-state index is 12.1. The summed E-state index contributed by atoms with van der Waals surface area (Å²) in [5, 5.41) is 14.8. The molecule has 0 atom stereocenters. The summed E-state index contributed by atoms with van der Waals surface area (Å²) in [5.41, 5.74) is 0.759. The van der Waals surface area contributed by atoms with Gasteiger partial charge in [0, 0.05) is 24.2 Å². The van der Waals surface area contributed by atoms with Crippen molar-refractivity contribution in [3.8, 4) is 11.5 Å². The highest BCUT2D eigenvalue weighted by Gasteiger charge is 2.31. The zero-order valence-corrected chi connectivity index (χ0v) is 16.9. The molecule has 6 nitrogen and oxygen atoms in total. The predicted molar refractivity (Wildman–Crippen MR) is 109 cm³/mol. The average molecular weight is 438 g/mol. The number of carbonyl (C=O) groups is 2. The lowest BCUT2D eigenvalue weighted by atomic mass is 10.1. The van der Waals surface area contributed by atoms with E-state index in [2.05, 4.69) is 15.4 Å². The molecule has 31 heavy (non-hydrogen) atoms. The third-order valence-electron chi connectivity index (χ3n) is 4.40. The van der Waals surface area contributed by atoms with Gasteiger partial charge in [0.1, 0.15) is 11.5 Å². The minimum Gasteiger partial charge on any atom is -0.508 e. The number of benzene rings is 2. The Kier molecular flexibility index (Phi) is 9.17. The summed E-state index contributed by atoms with van der Waals surface area (Å²) in [6.45, 7) is 1.03. The lowest BCUT2D eigenvalue weighted by molar-refractivity contribution is -0.274. The smallest absolute Gasteiger partial charge is 0.508 e. The number of aromatic hydroxyl groups is 1. The van der Waals surface area contributed by atoms with Crippen LogP contribution in [0.2, 0.25) is 0 Å². The van der Waals surface area contributed by atoms with E-state index in [-0.39, 0.29) is 28.9 Å². The molecule has 2 rings (SSSR count). The molecule has 0 saturated heterocycles. The van der Waals surface area contributed by atoms with Gasteiger partial charge in [-0.05, 0) is 61.4 Å². The Hall–Kier alpha value is -3.23. The van der Waals surface area contributed by atoms with E-state index in [9.17, 15) is 27.9 Å². The van der Waals surface area contributed by atoms with Crippen LogP contribution in [-0.4, -0.2) is 36.4 Å². The predicted octanol–water partition coefficient (Wildman–Crippen LogP) is 4.40. The minimum absolute atomic E-state index is 0.112. The monoisotopic (exact) mass is 438 g/mol. The second-order valence-electron chi connectivity index (χ2n) is 6.90. The number of hydrogen-bond acceptors (Lipinski definition) is 4. The number of unbranched alkanes of at least 4 members (excludes halogenated alkanes) is 4. The highest BCUT2D eigenvalue weighted by molar-refractivity contribution is 5.94. The Morgan fingerprint density at radius 3 is 1.61 bits per heavy atom. The van der Waals surface area contributed by atoms with Crippen molar-refractivity contribution in [1.82, 2.24) is 10.6 Å². The number of phenolic OH excluding ortho intramolecular Hbond substituents is 1. The Labute approximate surface area is 178 Å². The molecule has 0 fully saturated rings. The van der Waals surface area contributed by atoms with Crippen molar-refractivity contribution in [2.45, 2.75) is 38.5 Å². The molecule has 0 bridgehead atoms. The zero-order chi connectivity index (χ0) is 22.7. The molecular formula is C22H25F3N2O4. The molecule has 0 aromatic heterocycles. The van der Waals surface area contributed by atoms with E-state index in [0.29, 0.717) is 18.7 Å². The van der Waals surface area contributed by atoms with E-state index in [1.807, 2.05) is 0 Å². The summed E-state index contributed by atoms with van der Waals surface area (Å²) in [6.07, 6.45) is -0.352. The maximum absolute atomic E-state index is 12.1. The highest BCUT2D eigenvalue weighted by atomic mass is 19.4. The van der Waals surface area contributed by atoms with Crippen LogP contribution in [0.25, 0.3) is 0 Å². The number of nitrogens with one attached hydrogen (secondary N) is 2. The molecule has 0 heterocycles. The largest absolute Gasteiger partial charge is 0.573 e. The number of phenols is 1. The van der Waals surface area contributed by atoms with Crippen LogP contribution in [0.15, 0.2) is 48.5 Å². The van der Waals surface area contributed by atoms with Gasteiger partial charge in [-0.25, -0.2) is 0 Å². The standard InChI is InChI=1S/C22H25F3N2O4/c23-22(24,25)31-19-12-8-17(9-13-19)21(30)27-15-5-3-1-2-4-14-26-20(29)16-6-10-18(28)11-7-16/h6-13,28H,1-5,14-15H2,(H,26,29)(H,27,30). The van der Waals surface area contributed by atoms with Crippen LogP contribution in [0.5, 0.6) is 11.5 Å². The van der Waals surface area contributed by atoms with Gasteiger partial charge in [-0.3, -0.25) is 9.59 Å². The normalized spacial score (nSPS) is 11.1. The van der Waals surface area contributed by atoms with Crippen LogP contribution >= 0.6 is 0 Å². The summed E-state index contributed by atoms with van der Waals surface area (Å²) in [7, 11) is 0. The van der Waals surface area contributed by atoms with Crippen molar-refractivity contribution in [3.05, 3.63) is 59.7 Å². The number of halogens is 3. The molecule has 2 aromatic carbocycles. The molecule has 0 aliphatic carbocycles. The lowest BCUT2D eigenvalue weighted by Gasteiger charge is -2.09. The van der Waals surface area contributed by atoms with Crippen molar-refractivity contribution in [2.24, 2.45) is 0 Å². The third kappa shape index (κ3) is 9.41. The van der Waals surface area contributed by atoms with Crippen molar-refractivity contribution in [3.63, 3.8) is 0 Å². The summed E-state index contributed by atoms with van der Waals surface area (Å²) in [5.74, 6) is -0.791. The van der Waals surface area contributed by atoms with Crippen molar-refractivity contribution in [1.29, 1.82) is 0 Å². The van der Waals surface area contributed by atoms with Crippen molar-refractivity contribution in [2.75, 3.05) is 13.1 Å². The minimum atomic E-state index is -4.76.